The van der Waals surface area contributed by atoms with Crippen molar-refractivity contribution in [2.24, 2.45) is 5.92 Å². The number of fused-ring (bicyclic) bond motifs is 1. The molecule has 4 heteroatoms. The topological polar surface area (TPSA) is 41.1 Å². The van der Waals surface area contributed by atoms with E-state index in [-0.39, 0.29) is 11.4 Å². The highest BCUT2D eigenvalue weighted by Gasteiger charge is 2.16. The van der Waals surface area contributed by atoms with E-state index >= 15 is 0 Å². The fourth-order valence-electron chi connectivity index (χ4n) is 3.71. The Morgan fingerprint density at radius 2 is 1.74 bits per heavy atom. The highest BCUT2D eigenvalue weighted by atomic mass is 32.2. The Balaban J connectivity index is 1.68. The van der Waals surface area contributed by atoms with E-state index in [1.54, 1.807) is 11.9 Å². The van der Waals surface area contributed by atoms with Crippen LogP contribution in [0, 0.1) is 5.92 Å². The summed E-state index contributed by atoms with van der Waals surface area (Å²) in [6.45, 7) is 6.47. The van der Waals surface area contributed by atoms with Gasteiger partial charge in [-0.2, -0.15) is 0 Å². The summed E-state index contributed by atoms with van der Waals surface area (Å²) in [5.74, 6) is 0.877. The summed E-state index contributed by atoms with van der Waals surface area (Å²) >= 11 is 1.65. The van der Waals surface area contributed by atoms with Gasteiger partial charge in [-0.1, -0.05) is 56.4 Å². The van der Waals surface area contributed by atoms with Gasteiger partial charge >= 0.3 is 0 Å². The molecule has 1 amide bonds. The summed E-state index contributed by atoms with van der Waals surface area (Å²) in [4.78, 5) is 13.7. The van der Waals surface area contributed by atoms with Gasteiger partial charge in [-0.3, -0.25) is 9.52 Å². The van der Waals surface area contributed by atoms with E-state index in [9.17, 15) is 4.79 Å². The van der Waals surface area contributed by atoms with Crippen LogP contribution in [0.3, 0.4) is 0 Å². The van der Waals surface area contributed by atoms with Crippen LogP contribution >= 0.6 is 11.9 Å². The third-order valence-electron chi connectivity index (χ3n) is 5.13. The Bertz CT molecular complexity index is 776. The zero-order valence-corrected chi connectivity index (χ0v) is 17.6. The summed E-state index contributed by atoms with van der Waals surface area (Å²) in [6, 6.07) is 12.4. The van der Waals surface area contributed by atoms with Crippen molar-refractivity contribution in [1.82, 2.24) is 4.72 Å². The molecule has 27 heavy (non-hydrogen) atoms. The number of carbonyl (C=O) groups is 1. The maximum atomic E-state index is 12.5. The maximum absolute atomic E-state index is 12.5. The van der Waals surface area contributed by atoms with Crippen LogP contribution in [-0.2, 0) is 4.79 Å². The summed E-state index contributed by atoms with van der Waals surface area (Å²) in [6.07, 6.45) is 8.26. The first-order valence-corrected chi connectivity index (χ1v) is 11.0. The van der Waals surface area contributed by atoms with Crippen LogP contribution in [-0.4, -0.2) is 11.4 Å². The van der Waals surface area contributed by atoms with Gasteiger partial charge in [0, 0.05) is 27.9 Å². The number of anilines is 1. The molecule has 0 aromatic heterocycles. The number of rotatable bonds is 6. The molecule has 0 bridgehead atoms. The molecule has 1 saturated carbocycles. The van der Waals surface area contributed by atoms with Gasteiger partial charge in [0.1, 0.15) is 0 Å². The molecular weight excluding hydrogens is 352 g/mol. The van der Waals surface area contributed by atoms with Crippen LogP contribution in [0.1, 0.15) is 65.7 Å². The fourth-order valence-corrected chi connectivity index (χ4v) is 4.56. The lowest BCUT2D eigenvalue weighted by molar-refractivity contribution is -0.116. The monoisotopic (exact) mass is 384 g/mol. The van der Waals surface area contributed by atoms with Crippen LogP contribution in [0.15, 0.2) is 41.3 Å². The molecule has 2 N–H and O–H groups in total. The van der Waals surface area contributed by atoms with Gasteiger partial charge in [0.05, 0.1) is 0 Å². The van der Waals surface area contributed by atoms with E-state index in [1.807, 2.05) is 12.1 Å². The SMILES string of the molecule is CC(C)(C)NSc1cccc2c(NC(=O)CCC3CCCCC3)cccc12. The van der Waals surface area contributed by atoms with Crippen molar-refractivity contribution in [3.05, 3.63) is 36.4 Å². The van der Waals surface area contributed by atoms with Crippen LogP contribution < -0.4 is 10.0 Å². The first kappa shape index (κ1) is 20.2. The smallest absolute Gasteiger partial charge is 0.224 e. The van der Waals surface area contributed by atoms with Gasteiger partial charge in [-0.25, -0.2) is 0 Å². The largest absolute Gasteiger partial charge is 0.326 e. The second kappa shape index (κ2) is 9.11. The number of benzene rings is 2. The van der Waals surface area contributed by atoms with Crippen molar-refractivity contribution in [2.45, 2.75) is 76.2 Å². The molecule has 0 aliphatic heterocycles. The summed E-state index contributed by atoms with van der Waals surface area (Å²) in [7, 11) is 0. The first-order chi connectivity index (χ1) is 12.9. The van der Waals surface area contributed by atoms with E-state index in [0.29, 0.717) is 6.42 Å². The quantitative estimate of drug-likeness (QED) is 0.556. The highest BCUT2D eigenvalue weighted by Crippen LogP contribution is 2.32. The molecule has 3 nitrogen and oxygen atoms in total. The molecule has 1 aliphatic carbocycles. The molecule has 0 atom stereocenters. The zero-order chi connectivity index (χ0) is 19.3. The van der Waals surface area contributed by atoms with E-state index in [4.69, 9.17) is 0 Å². The predicted octanol–water partition coefficient (Wildman–Crippen LogP) is 6.53. The van der Waals surface area contributed by atoms with Crippen molar-refractivity contribution >= 4 is 34.3 Å². The minimum atomic E-state index is 0.0395. The maximum Gasteiger partial charge on any atom is 0.224 e. The minimum absolute atomic E-state index is 0.0395. The summed E-state index contributed by atoms with van der Waals surface area (Å²) in [5, 5.41) is 5.43. The standard InChI is InChI=1S/C23H32N2OS/c1-23(2,3)25-27-21-14-8-11-18-19(21)12-7-13-20(18)24-22(26)16-15-17-9-5-4-6-10-17/h7-8,11-14,17,25H,4-6,9-10,15-16H2,1-3H3,(H,24,26). The van der Waals surface area contributed by atoms with Crippen molar-refractivity contribution in [3.8, 4) is 0 Å². The third kappa shape index (κ3) is 5.98. The first-order valence-electron chi connectivity index (χ1n) is 10.2. The molecule has 3 rings (SSSR count). The van der Waals surface area contributed by atoms with Gasteiger partial charge in [-0.05, 0) is 62.6 Å². The molecule has 0 radical (unpaired) electrons. The van der Waals surface area contributed by atoms with Gasteiger partial charge in [0.25, 0.3) is 0 Å². The Labute approximate surface area is 167 Å². The number of amides is 1. The lowest BCUT2D eigenvalue weighted by Crippen LogP contribution is -2.29. The van der Waals surface area contributed by atoms with Gasteiger partial charge in [-0.15, -0.1) is 0 Å². The van der Waals surface area contributed by atoms with E-state index in [0.717, 1.165) is 23.4 Å². The zero-order valence-electron chi connectivity index (χ0n) is 16.8. The lowest BCUT2D eigenvalue weighted by Gasteiger charge is -2.21. The van der Waals surface area contributed by atoms with Crippen LogP contribution in [0.5, 0.6) is 0 Å². The average molecular weight is 385 g/mol. The summed E-state index contributed by atoms with van der Waals surface area (Å²) < 4.78 is 3.48. The number of nitrogens with one attached hydrogen (secondary N) is 2. The van der Waals surface area contributed by atoms with Gasteiger partial charge in [0.2, 0.25) is 5.91 Å². The molecule has 2 aromatic carbocycles. The van der Waals surface area contributed by atoms with Crippen molar-refractivity contribution < 1.29 is 4.79 Å². The van der Waals surface area contributed by atoms with Crippen molar-refractivity contribution in [2.75, 3.05) is 5.32 Å². The van der Waals surface area contributed by atoms with Gasteiger partial charge in [0.15, 0.2) is 0 Å². The van der Waals surface area contributed by atoms with Crippen LogP contribution in [0.2, 0.25) is 0 Å². The average Bonchev–Trinajstić information content (AvgIpc) is 2.65. The van der Waals surface area contributed by atoms with E-state index < -0.39 is 0 Å². The Morgan fingerprint density at radius 3 is 2.48 bits per heavy atom. The molecule has 2 aromatic rings. The number of carbonyl (C=O) groups excluding carboxylic acids is 1. The van der Waals surface area contributed by atoms with E-state index in [2.05, 4.69) is 55.1 Å². The number of hydrogen-bond donors (Lipinski definition) is 2. The Hall–Kier alpha value is -1.52. The number of hydrogen-bond acceptors (Lipinski definition) is 3. The molecule has 0 heterocycles. The Morgan fingerprint density at radius 1 is 1.04 bits per heavy atom. The second-order valence-electron chi connectivity index (χ2n) is 8.70. The predicted molar refractivity (Wildman–Crippen MR) is 117 cm³/mol. The minimum Gasteiger partial charge on any atom is -0.326 e. The van der Waals surface area contributed by atoms with Crippen LogP contribution in [0.4, 0.5) is 5.69 Å². The molecule has 0 spiro atoms. The summed E-state index contributed by atoms with van der Waals surface area (Å²) in [5.41, 5.74) is 0.956. The van der Waals surface area contributed by atoms with Gasteiger partial charge < -0.3 is 5.32 Å². The van der Waals surface area contributed by atoms with Crippen molar-refractivity contribution in [1.29, 1.82) is 0 Å². The fraction of sp³-hybridized carbons (Fsp3) is 0.522. The van der Waals surface area contributed by atoms with Crippen LogP contribution in [0.25, 0.3) is 10.8 Å². The van der Waals surface area contributed by atoms with Crippen molar-refractivity contribution in [3.63, 3.8) is 0 Å². The highest BCUT2D eigenvalue weighted by molar-refractivity contribution is 7.97. The molecule has 0 saturated heterocycles. The second-order valence-corrected chi connectivity index (χ2v) is 9.55. The normalized spacial score (nSPS) is 15.8. The third-order valence-corrected chi connectivity index (χ3v) is 6.42. The van der Waals surface area contributed by atoms with E-state index in [1.165, 1.54) is 42.4 Å². The molecular formula is C23H32N2OS. The Kier molecular flexibility index (Phi) is 6.83. The lowest BCUT2D eigenvalue weighted by atomic mass is 9.86. The molecule has 0 unspecified atom stereocenters. The molecule has 1 aliphatic rings. The molecule has 1 fully saturated rings. The molecule has 146 valence electrons.